The predicted molar refractivity (Wildman–Crippen MR) is 197 cm³/mol. The van der Waals surface area contributed by atoms with Crippen LogP contribution in [-0.4, -0.2) is 18.9 Å². The molecule has 6 heteroatoms. The molecular weight excluding hydrogens is 707 g/mol. The molecule has 0 radical (unpaired) electrons. The fourth-order valence-electron chi connectivity index (χ4n) is 7.09. The van der Waals surface area contributed by atoms with Crippen LogP contribution in [0.5, 0.6) is 11.5 Å². The molecule has 0 aliphatic rings. The number of nitrogens with zero attached hydrogens (tertiary/aromatic N) is 4. The standard InChI is InChI=1S/C44H26N4O.Pd/c1-3-13-29(14-4-1)42-43(30-15-5-2-6-16-30)48-39-20-10-7-17-34(39)33-24-22-31(27-37(33)44(48)46-42)49-32-23-25-36-35-18-8-9-19-38(35)47(40(36)28-32)41-21-11-12-26-45-41;/h1-26H;/q-2;+2. The van der Waals surface area contributed by atoms with Gasteiger partial charge in [-0.1, -0.05) is 125 Å². The van der Waals surface area contributed by atoms with Gasteiger partial charge in [0.05, 0.1) is 17.0 Å². The molecule has 238 valence electrons. The van der Waals surface area contributed by atoms with Gasteiger partial charge in [0, 0.05) is 34.3 Å². The van der Waals surface area contributed by atoms with Crippen molar-refractivity contribution < 1.29 is 25.2 Å². The fraction of sp³-hybridized carbons (Fsp3) is 0. The van der Waals surface area contributed by atoms with Crippen LogP contribution < -0.4 is 4.74 Å². The summed E-state index contributed by atoms with van der Waals surface area (Å²) in [5.41, 5.74) is 8.00. The second-order valence-electron chi connectivity index (χ2n) is 12.1. The molecule has 0 amide bonds. The molecule has 0 aliphatic carbocycles. The summed E-state index contributed by atoms with van der Waals surface area (Å²) in [6.45, 7) is 0. The third kappa shape index (κ3) is 4.73. The smallest absolute Gasteiger partial charge is 0.503 e. The molecule has 0 spiro atoms. The number of rotatable bonds is 5. The van der Waals surface area contributed by atoms with Crippen molar-refractivity contribution in [3.63, 3.8) is 0 Å². The second kappa shape index (κ2) is 12.1. The summed E-state index contributed by atoms with van der Waals surface area (Å²) in [4.78, 5) is 10.0. The first-order valence-electron chi connectivity index (χ1n) is 16.3. The largest absolute Gasteiger partial charge is 2.00 e. The Balaban J connectivity index is 0.00000336. The molecule has 0 saturated heterocycles. The van der Waals surface area contributed by atoms with Crippen molar-refractivity contribution in [2.45, 2.75) is 0 Å². The van der Waals surface area contributed by atoms with Crippen LogP contribution in [0.2, 0.25) is 0 Å². The number of aromatic nitrogens is 4. The van der Waals surface area contributed by atoms with Gasteiger partial charge in [-0.05, 0) is 40.6 Å². The van der Waals surface area contributed by atoms with Gasteiger partial charge in [-0.3, -0.25) is 4.98 Å². The normalized spacial score (nSPS) is 11.4. The predicted octanol–water partition coefficient (Wildman–Crippen LogP) is 10.9. The summed E-state index contributed by atoms with van der Waals surface area (Å²) in [6, 6.07) is 59.0. The Kier molecular flexibility index (Phi) is 7.28. The van der Waals surface area contributed by atoms with Gasteiger partial charge in [0.15, 0.2) is 0 Å². The van der Waals surface area contributed by atoms with Gasteiger partial charge in [-0.2, -0.15) is 6.07 Å². The molecule has 0 saturated carbocycles. The molecule has 0 bridgehead atoms. The first-order chi connectivity index (χ1) is 24.3. The molecule has 0 aliphatic heterocycles. The van der Waals surface area contributed by atoms with Gasteiger partial charge < -0.3 is 13.7 Å². The summed E-state index contributed by atoms with van der Waals surface area (Å²) >= 11 is 0. The topological polar surface area (TPSA) is 44.3 Å². The van der Waals surface area contributed by atoms with E-state index in [1.807, 2.05) is 48.7 Å². The van der Waals surface area contributed by atoms with Gasteiger partial charge in [-0.25, -0.2) is 4.98 Å². The van der Waals surface area contributed by atoms with Crippen LogP contribution >= 0.6 is 0 Å². The Morgan fingerprint density at radius 2 is 1.14 bits per heavy atom. The summed E-state index contributed by atoms with van der Waals surface area (Å²) in [7, 11) is 0. The quantitative estimate of drug-likeness (QED) is 0.101. The van der Waals surface area contributed by atoms with Crippen molar-refractivity contribution in [3.05, 3.63) is 170 Å². The molecule has 0 N–H and O–H groups in total. The zero-order valence-electron chi connectivity index (χ0n) is 26.5. The average Bonchev–Trinajstić information content (AvgIpc) is 3.73. The van der Waals surface area contributed by atoms with E-state index in [0.29, 0.717) is 11.5 Å². The third-order valence-electron chi connectivity index (χ3n) is 9.20. The number of benzene rings is 6. The molecule has 50 heavy (non-hydrogen) atoms. The summed E-state index contributed by atoms with van der Waals surface area (Å²) in [6.07, 6.45) is 1.81. The molecule has 0 atom stereocenters. The molecule has 4 aromatic heterocycles. The number of ether oxygens (including phenoxy) is 1. The van der Waals surface area contributed by atoms with Crippen molar-refractivity contribution in [2.75, 3.05) is 0 Å². The minimum Gasteiger partial charge on any atom is -0.503 e. The number of hydrogen-bond acceptors (Lipinski definition) is 3. The van der Waals surface area contributed by atoms with E-state index in [1.165, 1.54) is 0 Å². The fourth-order valence-corrected chi connectivity index (χ4v) is 7.09. The first-order valence-corrected chi connectivity index (χ1v) is 16.3. The monoisotopic (exact) mass is 732 g/mol. The number of fused-ring (bicyclic) bond motifs is 9. The van der Waals surface area contributed by atoms with E-state index < -0.39 is 0 Å². The molecule has 0 unspecified atom stereocenters. The SMILES string of the molecule is [Pd+2].[c-]1c(Oc2[c-]c3c(cc2)c2ccccc2n3-c2ccccn2)ccc2c1c1nc(-c3ccccc3)c(-c3ccccc3)n1c1ccccc21. The molecule has 10 aromatic rings. The zero-order valence-corrected chi connectivity index (χ0v) is 28.1. The minimum absolute atomic E-state index is 0. The number of imidazole rings is 1. The molecule has 6 aromatic carbocycles. The van der Waals surface area contributed by atoms with Crippen LogP contribution in [0.25, 0.3) is 77.5 Å². The Hall–Kier alpha value is -6.06. The number of para-hydroxylation sites is 2. The minimum atomic E-state index is 0. The van der Waals surface area contributed by atoms with E-state index in [9.17, 15) is 0 Å². The molecule has 4 heterocycles. The Morgan fingerprint density at radius 3 is 1.88 bits per heavy atom. The van der Waals surface area contributed by atoms with Crippen molar-refractivity contribution in [2.24, 2.45) is 0 Å². The van der Waals surface area contributed by atoms with E-state index in [1.54, 1.807) is 0 Å². The van der Waals surface area contributed by atoms with Crippen LogP contribution in [-0.2, 0) is 20.4 Å². The van der Waals surface area contributed by atoms with Crippen molar-refractivity contribution in [3.8, 4) is 39.8 Å². The Morgan fingerprint density at radius 1 is 0.520 bits per heavy atom. The van der Waals surface area contributed by atoms with E-state index in [-0.39, 0.29) is 20.4 Å². The Labute approximate surface area is 301 Å². The van der Waals surface area contributed by atoms with Gasteiger partial charge in [-0.15, -0.1) is 29.7 Å². The third-order valence-corrected chi connectivity index (χ3v) is 9.20. The van der Waals surface area contributed by atoms with Gasteiger partial charge in [0.2, 0.25) is 0 Å². The molecule has 5 nitrogen and oxygen atoms in total. The van der Waals surface area contributed by atoms with Crippen LogP contribution in [0.15, 0.2) is 158 Å². The maximum absolute atomic E-state index is 6.57. The van der Waals surface area contributed by atoms with Crippen molar-refractivity contribution in [1.82, 2.24) is 18.9 Å². The van der Waals surface area contributed by atoms with Gasteiger partial charge in [0.1, 0.15) is 5.82 Å². The summed E-state index contributed by atoms with van der Waals surface area (Å²) in [5.74, 6) is 2.01. The zero-order chi connectivity index (χ0) is 32.3. The van der Waals surface area contributed by atoms with E-state index in [4.69, 9.17) is 9.72 Å². The van der Waals surface area contributed by atoms with Gasteiger partial charge >= 0.3 is 20.4 Å². The van der Waals surface area contributed by atoms with E-state index in [0.717, 1.165) is 77.5 Å². The number of hydrogen-bond donors (Lipinski definition) is 0. The molecular formula is C44H26N4OPd. The van der Waals surface area contributed by atoms with Crippen LogP contribution in [0.3, 0.4) is 0 Å². The van der Waals surface area contributed by atoms with Crippen molar-refractivity contribution in [1.29, 1.82) is 0 Å². The summed E-state index contributed by atoms with van der Waals surface area (Å²) in [5, 5.41) is 5.30. The van der Waals surface area contributed by atoms with Crippen LogP contribution in [0.1, 0.15) is 0 Å². The number of pyridine rings is 2. The van der Waals surface area contributed by atoms with Crippen LogP contribution in [0, 0.1) is 12.1 Å². The van der Waals surface area contributed by atoms with E-state index in [2.05, 4.69) is 135 Å². The second-order valence-corrected chi connectivity index (χ2v) is 12.1. The summed E-state index contributed by atoms with van der Waals surface area (Å²) < 4.78 is 11.0. The van der Waals surface area contributed by atoms with Crippen LogP contribution in [0.4, 0.5) is 0 Å². The Bertz CT molecular complexity index is 2850. The average molecular weight is 733 g/mol. The maximum atomic E-state index is 6.57. The molecule has 10 rings (SSSR count). The van der Waals surface area contributed by atoms with Gasteiger partial charge in [0.25, 0.3) is 0 Å². The van der Waals surface area contributed by atoms with Crippen molar-refractivity contribution >= 4 is 49.1 Å². The molecule has 0 fully saturated rings. The van der Waals surface area contributed by atoms with E-state index >= 15 is 0 Å². The first kappa shape index (κ1) is 30.0. The maximum Gasteiger partial charge on any atom is 2.00 e.